The number of nitrogens with one attached hydrogen (secondary N) is 2. The summed E-state index contributed by atoms with van der Waals surface area (Å²) in [6, 6.07) is 12.1. The molecule has 0 unspecified atom stereocenters. The van der Waals surface area contributed by atoms with Gasteiger partial charge in [-0.2, -0.15) is 0 Å². The van der Waals surface area contributed by atoms with E-state index in [0.717, 1.165) is 42.2 Å². The molecule has 2 aromatic heterocycles. The molecule has 0 bridgehead atoms. The molecule has 1 fully saturated rings. The van der Waals surface area contributed by atoms with Gasteiger partial charge in [0.2, 0.25) is 0 Å². The fourth-order valence-electron chi connectivity index (χ4n) is 4.45. The van der Waals surface area contributed by atoms with E-state index in [1.807, 2.05) is 13.0 Å². The monoisotopic (exact) mass is 531 g/mol. The van der Waals surface area contributed by atoms with Crippen molar-refractivity contribution in [1.29, 1.82) is 0 Å². The standard InChI is InChI=1S/C27H29N7O3S/c1-15-17(31-24(36)21-22(35)16-6-3-4-7-18(16)32-25(21)37)8-5-9-19(15)38-26-23(28)33-20(14-30-26)34-12-10-27(2,29)11-13-34/h3-9,14H,10-13,29H2,1-2H3,(H2,28,33)(H,31,36)(H2,32,35,37). The number of anilines is 3. The number of carbonyl (C=O) groups is 1. The third-order valence-corrected chi connectivity index (χ3v) is 8.01. The molecule has 0 saturated carbocycles. The highest BCUT2D eigenvalue weighted by Gasteiger charge is 2.27. The minimum Gasteiger partial charge on any atom is -0.506 e. The molecular weight excluding hydrogens is 502 g/mol. The zero-order chi connectivity index (χ0) is 27.0. The van der Waals surface area contributed by atoms with Gasteiger partial charge in [-0.15, -0.1) is 0 Å². The first-order valence-electron chi connectivity index (χ1n) is 12.2. The molecule has 0 atom stereocenters. The van der Waals surface area contributed by atoms with E-state index in [1.165, 1.54) is 11.8 Å². The van der Waals surface area contributed by atoms with E-state index in [1.54, 1.807) is 42.6 Å². The SMILES string of the molecule is Cc1c(NC(=O)c2c(O)c3ccccc3[nH]c2=O)cccc1Sc1ncc(N2CCC(C)(N)CC2)nc1N. The predicted molar refractivity (Wildman–Crippen MR) is 150 cm³/mol. The first-order valence-corrected chi connectivity index (χ1v) is 13.0. The normalized spacial score (nSPS) is 15.0. The lowest BCUT2D eigenvalue weighted by molar-refractivity contribution is 0.102. The third kappa shape index (κ3) is 5.02. The Morgan fingerprint density at radius 3 is 2.66 bits per heavy atom. The Balaban J connectivity index is 1.35. The molecule has 2 aromatic carbocycles. The molecule has 1 saturated heterocycles. The van der Waals surface area contributed by atoms with Crippen molar-refractivity contribution < 1.29 is 9.90 Å². The summed E-state index contributed by atoms with van der Waals surface area (Å²) in [5, 5.41) is 14.3. The Morgan fingerprint density at radius 1 is 1.18 bits per heavy atom. The summed E-state index contributed by atoms with van der Waals surface area (Å²) in [4.78, 5) is 40.3. The molecular formula is C27H29N7O3S. The van der Waals surface area contributed by atoms with Gasteiger partial charge < -0.3 is 31.8 Å². The highest BCUT2D eigenvalue weighted by Crippen LogP contribution is 2.36. The number of aromatic amines is 1. The molecule has 3 heterocycles. The summed E-state index contributed by atoms with van der Waals surface area (Å²) in [6.07, 6.45) is 3.45. The maximum atomic E-state index is 13.1. The van der Waals surface area contributed by atoms with Crippen LogP contribution in [0.3, 0.4) is 0 Å². The van der Waals surface area contributed by atoms with E-state index < -0.39 is 11.5 Å². The number of fused-ring (bicyclic) bond motifs is 1. The molecule has 196 valence electrons. The maximum Gasteiger partial charge on any atom is 0.265 e. The lowest BCUT2D eigenvalue weighted by atomic mass is 9.91. The van der Waals surface area contributed by atoms with Crippen LogP contribution < -0.4 is 27.2 Å². The Labute approximate surface area is 223 Å². The number of rotatable bonds is 5. The van der Waals surface area contributed by atoms with E-state index in [0.29, 0.717) is 27.4 Å². The van der Waals surface area contributed by atoms with Gasteiger partial charge in [-0.3, -0.25) is 9.59 Å². The number of carbonyl (C=O) groups excluding carboxylic acids is 1. The average molecular weight is 532 g/mol. The molecule has 1 aliphatic heterocycles. The fraction of sp³-hybridized carbons (Fsp3) is 0.259. The number of H-pyrrole nitrogens is 1. The average Bonchev–Trinajstić information content (AvgIpc) is 2.87. The van der Waals surface area contributed by atoms with Gasteiger partial charge in [-0.05, 0) is 56.5 Å². The molecule has 38 heavy (non-hydrogen) atoms. The van der Waals surface area contributed by atoms with Gasteiger partial charge >= 0.3 is 0 Å². The molecule has 4 aromatic rings. The van der Waals surface area contributed by atoms with Gasteiger partial charge in [0.15, 0.2) is 5.82 Å². The number of piperidine rings is 1. The van der Waals surface area contributed by atoms with Crippen molar-refractivity contribution in [3.05, 3.63) is 70.1 Å². The Morgan fingerprint density at radius 2 is 1.92 bits per heavy atom. The van der Waals surface area contributed by atoms with E-state index in [4.69, 9.17) is 11.5 Å². The van der Waals surface area contributed by atoms with Crippen LogP contribution in [0, 0.1) is 6.92 Å². The van der Waals surface area contributed by atoms with Crippen LogP contribution in [0.1, 0.15) is 35.7 Å². The van der Waals surface area contributed by atoms with Gasteiger partial charge in [0.1, 0.15) is 22.2 Å². The largest absolute Gasteiger partial charge is 0.506 e. The Bertz CT molecular complexity index is 1590. The second-order valence-corrected chi connectivity index (χ2v) is 10.8. The summed E-state index contributed by atoms with van der Waals surface area (Å²) in [5.41, 5.74) is 13.0. The molecule has 0 aliphatic carbocycles. The summed E-state index contributed by atoms with van der Waals surface area (Å²) < 4.78 is 0. The molecule has 1 aliphatic rings. The van der Waals surface area contributed by atoms with Crippen molar-refractivity contribution in [2.75, 3.05) is 29.0 Å². The second-order valence-electron chi connectivity index (χ2n) is 9.77. The Hall–Kier alpha value is -4.09. The first-order chi connectivity index (χ1) is 18.1. The molecule has 0 radical (unpaired) electrons. The molecule has 10 nitrogen and oxygen atoms in total. The van der Waals surface area contributed by atoms with Gasteiger partial charge in [0, 0.05) is 34.6 Å². The van der Waals surface area contributed by atoms with Crippen molar-refractivity contribution in [2.45, 2.75) is 42.1 Å². The van der Waals surface area contributed by atoms with E-state index in [2.05, 4.69) is 32.1 Å². The molecule has 0 spiro atoms. The zero-order valence-corrected chi connectivity index (χ0v) is 21.9. The minimum absolute atomic E-state index is 0.163. The summed E-state index contributed by atoms with van der Waals surface area (Å²) in [7, 11) is 0. The van der Waals surface area contributed by atoms with E-state index in [9.17, 15) is 14.7 Å². The number of aromatic nitrogens is 3. The smallest absolute Gasteiger partial charge is 0.265 e. The quantitative estimate of drug-likeness (QED) is 0.259. The number of aromatic hydroxyl groups is 1. The van der Waals surface area contributed by atoms with Crippen molar-refractivity contribution in [2.24, 2.45) is 5.73 Å². The van der Waals surface area contributed by atoms with Crippen LogP contribution in [0.15, 0.2) is 63.4 Å². The third-order valence-electron chi connectivity index (χ3n) is 6.84. The predicted octanol–water partition coefficient (Wildman–Crippen LogP) is 3.64. The van der Waals surface area contributed by atoms with Crippen LogP contribution in [-0.4, -0.2) is 44.6 Å². The fourth-order valence-corrected chi connectivity index (χ4v) is 5.32. The van der Waals surface area contributed by atoms with Crippen LogP contribution >= 0.6 is 11.8 Å². The lowest BCUT2D eigenvalue weighted by Gasteiger charge is -2.37. The van der Waals surface area contributed by atoms with Crippen molar-refractivity contribution in [3.63, 3.8) is 0 Å². The first kappa shape index (κ1) is 25.6. The van der Waals surface area contributed by atoms with Crippen molar-refractivity contribution in [3.8, 4) is 5.75 Å². The number of nitrogens with zero attached hydrogens (tertiary/aromatic N) is 3. The number of benzene rings is 2. The maximum absolute atomic E-state index is 13.1. The van der Waals surface area contributed by atoms with Crippen LogP contribution in [0.4, 0.5) is 17.3 Å². The van der Waals surface area contributed by atoms with Crippen LogP contribution in [-0.2, 0) is 0 Å². The zero-order valence-electron chi connectivity index (χ0n) is 21.1. The number of nitrogens with two attached hydrogens (primary N) is 2. The summed E-state index contributed by atoms with van der Waals surface area (Å²) in [6.45, 7) is 5.50. The lowest BCUT2D eigenvalue weighted by Crippen LogP contribution is -2.48. The number of para-hydroxylation sites is 1. The number of hydrogen-bond donors (Lipinski definition) is 5. The number of pyridine rings is 1. The highest BCUT2D eigenvalue weighted by molar-refractivity contribution is 7.99. The molecule has 11 heteroatoms. The van der Waals surface area contributed by atoms with E-state index >= 15 is 0 Å². The van der Waals surface area contributed by atoms with Crippen molar-refractivity contribution >= 4 is 45.9 Å². The molecule has 7 N–H and O–H groups in total. The molecule has 5 rings (SSSR count). The molecule has 1 amide bonds. The summed E-state index contributed by atoms with van der Waals surface area (Å²) in [5.74, 6) is -0.0352. The van der Waals surface area contributed by atoms with Gasteiger partial charge in [-0.1, -0.05) is 30.0 Å². The number of nitrogen functional groups attached to an aromatic ring is 1. The highest BCUT2D eigenvalue weighted by atomic mass is 32.2. The Kier molecular flexibility index (Phi) is 6.72. The van der Waals surface area contributed by atoms with Gasteiger partial charge in [0.25, 0.3) is 11.5 Å². The van der Waals surface area contributed by atoms with Crippen molar-refractivity contribution in [1.82, 2.24) is 15.0 Å². The van der Waals surface area contributed by atoms with E-state index in [-0.39, 0.29) is 16.9 Å². The topological polar surface area (TPSA) is 163 Å². The van der Waals surface area contributed by atoms with Gasteiger partial charge in [0.05, 0.1) is 11.7 Å². The van der Waals surface area contributed by atoms with Crippen LogP contribution in [0.25, 0.3) is 10.9 Å². The second kappa shape index (κ2) is 9.99. The van der Waals surface area contributed by atoms with Crippen LogP contribution in [0.5, 0.6) is 5.75 Å². The number of amides is 1. The van der Waals surface area contributed by atoms with Crippen LogP contribution in [0.2, 0.25) is 0 Å². The van der Waals surface area contributed by atoms with Gasteiger partial charge in [-0.25, -0.2) is 9.97 Å². The minimum atomic E-state index is -0.710. The summed E-state index contributed by atoms with van der Waals surface area (Å²) >= 11 is 1.34. The number of hydrogen-bond acceptors (Lipinski definition) is 9.